The van der Waals surface area contributed by atoms with Gasteiger partial charge in [0.25, 0.3) is 0 Å². The minimum absolute atomic E-state index is 0.0321. The summed E-state index contributed by atoms with van der Waals surface area (Å²) in [5.41, 5.74) is 0.867. The van der Waals surface area contributed by atoms with Crippen molar-refractivity contribution in [2.75, 3.05) is 25.0 Å². The number of anilines is 1. The van der Waals surface area contributed by atoms with Gasteiger partial charge in [-0.3, -0.25) is 14.5 Å². The number of aryl methyl sites for hydroxylation is 1. The van der Waals surface area contributed by atoms with Gasteiger partial charge in [0, 0.05) is 5.69 Å². The lowest BCUT2D eigenvalue weighted by molar-refractivity contribution is -0.138. The number of hydrogen-bond acceptors (Lipinski definition) is 3. The smallest absolute Gasteiger partial charge is 0.317 e. The van der Waals surface area contributed by atoms with Crippen molar-refractivity contribution >= 4 is 17.6 Å². The Kier molecular flexibility index (Phi) is 6.11. The number of halogens is 1. The van der Waals surface area contributed by atoms with Crippen molar-refractivity contribution in [2.24, 2.45) is 0 Å². The lowest BCUT2D eigenvalue weighted by Gasteiger charge is -2.18. The summed E-state index contributed by atoms with van der Waals surface area (Å²) < 4.78 is 13.3. The molecule has 0 fully saturated rings. The second kappa shape index (κ2) is 7.59. The molecule has 0 radical (unpaired) electrons. The quantitative estimate of drug-likeness (QED) is 0.801. The molecule has 20 heavy (non-hydrogen) atoms. The van der Waals surface area contributed by atoms with Crippen LogP contribution in [0.15, 0.2) is 18.2 Å². The largest absolute Gasteiger partial charge is 0.480 e. The zero-order chi connectivity index (χ0) is 15.1. The van der Waals surface area contributed by atoms with Crippen LogP contribution in [-0.4, -0.2) is 41.5 Å². The van der Waals surface area contributed by atoms with E-state index in [0.717, 1.165) is 6.42 Å². The van der Waals surface area contributed by atoms with Crippen LogP contribution in [0.4, 0.5) is 10.1 Å². The Balaban J connectivity index is 2.60. The van der Waals surface area contributed by atoms with Gasteiger partial charge in [-0.1, -0.05) is 13.0 Å². The van der Waals surface area contributed by atoms with Gasteiger partial charge in [0.2, 0.25) is 5.91 Å². The molecule has 0 heterocycles. The summed E-state index contributed by atoms with van der Waals surface area (Å²) >= 11 is 0. The number of carbonyl (C=O) groups is 2. The van der Waals surface area contributed by atoms with E-state index in [-0.39, 0.29) is 19.0 Å². The first-order chi connectivity index (χ1) is 9.42. The average molecular weight is 282 g/mol. The highest BCUT2D eigenvalue weighted by atomic mass is 19.1. The van der Waals surface area contributed by atoms with E-state index in [0.29, 0.717) is 17.8 Å². The van der Waals surface area contributed by atoms with E-state index in [4.69, 9.17) is 5.11 Å². The average Bonchev–Trinajstić information content (AvgIpc) is 2.33. The first-order valence-electron chi connectivity index (χ1n) is 6.42. The molecule has 0 bridgehead atoms. The number of aliphatic carboxylic acids is 1. The first kappa shape index (κ1) is 16.1. The van der Waals surface area contributed by atoms with Crippen molar-refractivity contribution < 1.29 is 19.1 Å². The van der Waals surface area contributed by atoms with Crippen molar-refractivity contribution in [2.45, 2.75) is 20.3 Å². The number of nitrogens with zero attached hydrogens (tertiary/aromatic N) is 1. The number of nitrogens with one attached hydrogen (secondary N) is 1. The Bertz CT molecular complexity index is 491. The van der Waals surface area contributed by atoms with Crippen LogP contribution in [0.3, 0.4) is 0 Å². The van der Waals surface area contributed by atoms with E-state index in [9.17, 15) is 14.0 Å². The first-order valence-corrected chi connectivity index (χ1v) is 6.42. The van der Waals surface area contributed by atoms with Crippen LogP contribution in [0.2, 0.25) is 0 Å². The normalized spacial score (nSPS) is 10.6. The molecule has 0 aliphatic rings. The molecule has 5 nitrogen and oxygen atoms in total. The van der Waals surface area contributed by atoms with Gasteiger partial charge in [-0.05, 0) is 37.6 Å². The number of carboxylic acid groups (broad SMARTS) is 1. The molecule has 0 saturated carbocycles. The lowest BCUT2D eigenvalue weighted by atomic mass is 10.2. The fourth-order valence-corrected chi connectivity index (χ4v) is 1.80. The Morgan fingerprint density at radius 1 is 1.35 bits per heavy atom. The number of carboxylic acids is 1. The van der Waals surface area contributed by atoms with Crippen molar-refractivity contribution in [3.63, 3.8) is 0 Å². The van der Waals surface area contributed by atoms with Gasteiger partial charge in [-0.25, -0.2) is 4.39 Å². The number of amides is 1. The third kappa shape index (κ3) is 5.36. The van der Waals surface area contributed by atoms with Gasteiger partial charge in [0.05, 0.1) is 13.1 Å². The number of hydrogen-bond donors (Lipinski definition) is 2. The summed E-state index contributed by atoms with van der Waals surface area (Å²) in [6.45, 7) is 3.83. The fraction of sp³-hybridized carbons (Fsp3) is 0.429. The van der Waals surface area contributed by atoms with E-state index in [2.05, 4.69) is 5.32 Å². The SMILES string of the molecule is CCCN(CC(=O)O)CC(=O)Nc1ccc(C)c(F)c1. The Morgan fingerprint density at radius 3 is 2.60 bits per heavy atom. The van der Waals surface area contributed by atoms with E-state index < -0.39 is 11.8 Å². The molecule has 1 aromatic carbocycles. The molecule has 1 rings (SSSR count). The van der Waals surface area contributed by atoms with Gasteiger partial charge in [0.1, 0.15) is 5.82 Å². The molecule has 0 spiro atoms. The highest BCUT2D eigenvalue weighted by molar-refractivity contribution is 5.92. The third-order valence-electron chi connectivity index (χ3n) is 2.72. The van der Waals surface area contributed by atoms with E-state index in [1.165, 1.54) is 11.0 Å². The van der Waals surface area contributed by atoms with Crippen LogP contribution in [0.1, 0.15) is 18.9 Å². The zero-order valence-electron chi connectivity index (χ0n) is 11.6. The predicted molar refractivity (Wildman–Crippen MR) is 74.1 cm³/mol. The van der Waals surface area contributed by atoms with Gasteiger partial charge in [-0.2, -0.15) is 0 Å². The highest BCUT2D eigenvalue weighted by Gasteiger charge is 2.13. The van der Waals surface area contributed by atoms with Crippen LogP contribution in [0.25, 0.3) is 0 Å². The van der Waals surface area contributed by atoms with Crippen molar-refractivity contribution in [3.8, 4) is 0 Å². The highest BCUT2D eigenvalue weighted by Crippen LogP contribution is 2.13. The summed E-state index contributed by atoms with van der Waals surface area (Å²) in [7, 11) is 0. The minimum atomic E-state index is -0.979. The van der Waals surface area contributed by atoms with Crippen molar-refractivity contribution in [3.05, 3.63) is 29.6 Å². The summed E-state index contributed by atoms with van der Waals surface area (Å²) in [5.74, 6) is -1.73. The molecule has 0 aliphatic carbocycles. The number of rotatable bonds is 7. The van der Waals surface area contributed by atoms with Crippen LogP contribution in [-0.2, 0) is 9.59 Å². The van der Waals surface area contributed by atoms with Gasteiger partial charge in [0.15, 0.2) is 0 Å². The summed E-state index contributed by atoms with van der Waals surface area (Å²) in [4.78, 5) is 24.0. The molecule has 1 amide bonds. The summed E-state index contributed by atoms with van der Waals surface area (Å²) in [6, 6.07) is 4.43. The molecular weight excluding hydrogens is 263 g/mol. The molecule has 1 aromatic rings. The molecular formula is C14H19FN2O3. The molecule has 0 saturated heterocycles. The predicted octanol–water partition coefficient (Wildman–Crippen LogP) is 1.87. The van der Waals surface area contributed by atoms with E-state index in [1.54, 1.807) is 19.1 Å². The van der Waals surface area contributed by atoms with Crippen LogP contribution in [0, 0.1) is 12.7 Å². The number of benzene rings is 1. The van der Waals surface area contributed by atoms with Crippen LogP contribution in [0.5, 0.6) is 0 Å². The van der Waals surface area contributed by atoms with E-state index in [1.807, 2.05) is 6.92 Å². The zero-order valence-corrected chi connectivity index (χ0v) is 11.6. The summed E-state index contributed by atoms with van der Waals surface area (Å²) in [6.07, 6.45) is 0.750. The van der Waals surface area contributed by atoms with Crippen LogP contribution < -0.4 is 5.32 Å². The van der Waals surface area contributed by atoms with Gasteiger partial charge < -0.3 is 10.4 Å². The molecule has 0 atom stereocenters. The third-order valence-corrected chi connectivity index (χ3v) is 2.72. The number of carbonyl (C=O) groups excluding carboxylic acids is 1. The van der Waals surface area contributed by atoms with Gasteiger partial charge in [-0.15, -0.1) is 0 Å². The minimum Gasteiger partial charge on any atom is -0.480 e. The Labute approximate surface area is 117 Å². The maximum atomic E-state index is 13.3. The van der Waals surface area contributed by atoms with Gasteiger partial charge >= 0.3 is 5.97 Å². The Hall–Kier alpha value is -1.95. The fourth-order valence-electron chi connectivity index (χ4n) is 1.80. The molecule has 0 aliphatic heterocycles. The Morgan fingerprint density at radius 2 is 2.05 bits per heavy atom. The second-order valence-corrected chi connectivity index (χ2v) is 4.62. The van der Waals surface area contributed by atoms with Crippen molar-refractivity contribution in [1.29, 1.82) is 0 Å². The monoisotopic (exact) mass is 282 g/mol. The van der Waals surface area contributed by atoms with Crippen LogP contribution >= 0.6 is 0 Å². The van der Waals surface area contributed by atoms with E-state index >= 15 is 0 Å². The standard InChI is InChI=1S/C14H19FN2O3/c1-3-6-17(9-14(19)20)8-13(18)16-11-5-4-10(2)12(15)7-11/h4-5,7H,3,6,8-9H2,1-2H3,(H,16,18)(H,19,20). The molecule has 0 aromatic heterocycles. The second-order valence-electron chi connectivity index (χ2n) is 4.62. The molecule has 0 unspecified atom stereocenters. The molecule has 2 N–H and O–H groups in total. The topological polar surface area (TPSA) is 69.6 Å². The lowest BCUT2D eigenvalue weighted by Crippen LogP contribution is -2.37. The molecule has 110 valence electrons. The molecule has 6 heteroatoms. The van der Waals surface area contributed by atoms with Crippen molar-refractivity contribution in [1.82, 2.24) is 4.90 Å². The maximum absolute atomic E-state index is 13.3. The maximum Gasteiger partial charge on any atom is 0.317 e. The summed E-state index contributed by atoms with van der Waals surface area (Å²) in [5, 5.41) is 11.3.